The Kier molecular flexibility index (Phi) is 11.6. The molecule has 1 N–H and O–H groups in total. The van der Waals surface area contributed by atoms with Crippen LogP contribution in [0.2, 0.25) is 0 Å². The van der Waals surface area contributed by atoms with Gasteiger partial charge in [0, 0.05) is 59.1 Å². The van der Waals surface area contributed by atoms with Crippen LogP contribution in [0, 0.1) is 0 Å². The summed E-state index contributed by atoms with van der Waals surface area (Å²) in [5.74, 6) is 1.10. The topological polar surface area (TPSA) is 94.5 Å². The van der Waals surface area contributed by atoms with E-state index in [1.165, 1.54) is 6.26 Å². The summed E-state index contributed by atoms with van der Waals surface area (Å²) < 4.78 is 27.4. The third-order valence-corrected chi connectivity index (χ3v) is 5.74. The molecule has 1 amide bonds. The van der Waals surface area contributed by atoms with Crippen LogP contribution in [0.1, 0.15) is 12.8 Å². The first kappa shape index (κ1) is 25.4. The number of ether oxygens (including phenoxy) is 1. The van der Waals surface area contributed by atoms with Gasteiger partial charge in [0.05, 0.1) is 25.5 Å². The maximum Gasteiger partial charge on any atom is 0.236 e. The van der Waals surface area contributed by atoms with Crippen molar-refractivity contribution >= 4 is 45.7 Å². The minimum absolute atomic E-state index is 0. The number of hydrogen-bond donors (Lipinski definition) is 1. The second kappa shape index (κ2) is 12.8. The molecule has 28 heavy (non-hydrogen) atoms. The standard InChI is InChI=1S/C17H33N5O4S.HI/c1-18-17(19-5-12-26-13-14-27(2,24)25)22-10-8-20(9-11-22)15-16(23)21-6-3-4-7-21;/h3-15H2,1-2H3,(H,18,19);1H. The molecule has 0 saturated carbocycles. The highest BCUT2D eigenvalue weighted by molar-refractivity contribution is 14.0. The molecule has 164 valence electrons. The summed E-state index contributed by atoms with van der Waals surface area (Å²) in [6.45, 7) is 6.85. The first-order chi connectivity index (χ1) is 12.9. The van der Waals surface area contributed by atoms with Crippen LogP contribution in [-0.2, 0) is 19.4 Å². The van der Waals surface area contributed by atoms with Gasteiger partial charge in [0.2, 0.25) is 5.91 Å². The van der Waals surface area contributed by atoms with E-state index in [0.29, 0.717) is 19.7 Å². The monoisotopic (exact) mass is 531 g/mol. The molecule has 2 heterocycles. The molecule has 0 spiro atoms. The fraction of sp³-hybridized carbons (Fsp3) is 0.882. The number of halogens is 1. The van der Waals surface area contributed by atoms with E-state index in [1.807, 2.05) is 4.90 Å². The summed E-state index contributed by atoms with van der Waals surface area (Å²) in [6.07, 6.45) is 3.45. The van der Waals surface area contributed by atoms with Gasteiger partial charge in [0.1, 0.15) is 9.84 Å². The van der Waals surface area contributed by atoms with E-state index in [0.717, 1.165) is 58.1 Å². The average Bonchev–Trinajstić information content (AvgIpc) is 3.16. The van der Waals surface area contributed by atoms with Crippen molar-refractivity contribution in [2.75, 3.05) is 84.6 Å². The lowest BCUT2D eigenvalue weighted by Crippen LogP contribution is -2.54. The first-order valence-corrected chi connectivity index (χ1v) is 11.7. The van der Waals surface area contributed by atoms with Crippen molar-refractivity contribution in [2.45, 2.75) is 12.8 Å². The fourth-order valence-electron chi connectivity index (χ4n) is 3.26. The number of likely N-dealkylation sites (tertiary alicyclic amines) is 1. The molecule has 0 aromatic heterocycles. The Bertz CT molecular complexity index is 603. The van der Waals surface area contributed by atoms with Gasteiger partial charge in [-0.1, -0.05) is 0 Å². The first-order valence-electron chi connectivity index (χ1n) is 9.60. The number of hydrogen-bond acceptors (Lipinski definition) is 6. The molecular weight excluding hydrogens is 497 g/mol. The van der Waals surface area contributed by atoms with Crippen molar-refractivity contribution in [3.05, 3.63) is 0 Å². The van der Waals surface area contributed by atoms with Gasteiger partial charge < -0.3 is 19.9 Å². The Hall–Kier alpha value is -0.660. The highest BCUT2D eigenvalue weighted by Crippen LogP contribution is 2.09. The summed E-state index contributed by atoms with van der Waals surface area (Å²) in [5.41, 5.74) is 0. The van der Waals surface area contributed by atoms with Gasteiger partial charge >= 0.3 is 0 Å². The SMILES string of the molecule is CN=C(NCCOCCS(C)(=O)=O)N1CCN(CC(=O)N2CCCC2)CC1.I. The predicted molar refractivity (Wildman–Crippen MR) is 121 cm³/mol. The molecule has 2 rings (SSSR count). The van der Waals surface area contributed by atoms with Crippen LogP contribution >= 0.6 is 24.0 Å². The lowest BCUT2D eigenvalue weighted by molar-refractivity contribution is -0.131. The number of guanidine groups is 1. The molecule has 2 fully saturated rings. The van der Waals surface area contributed by atoms with Crippen molar-refractivity contribution in [2.24, 2.45) is 4.99 Å². The predicted octanol–water partition coefficient (Wildman–Crippen LogP) is -0.519. The highest BCUT2D eigenvalue weighted by atomic mass is 127. The summed E-state index contributed by atoms with van der Waals surface area (Å²) in [5, 5.41) is 3.24. The smallest absolute Gasteiger partial charge is 0.236 e. The quantitative estimate of drug-likeness (QED) is 0.195. The molecular formula is C17H34IN5O4S. The summed E-state index contributed by atoms with van der Waals surface area (Å²) in [4.78, 5) is 22.9. The summed E-state index contributed by atoms with van der Waals surface area (Å²) in [7, 11) is -1.23. The van der Waals surface area contributed by atoms with Crippen molar-refractivity contribution in [3.63, 3.8) is 0 Å². The van der Waals surface area contributed by atoms with Gasteiger partial charge in [0.15, 0.2) is 5.96 Å². The van der Waals surface area contributed by atoms with Gasteiger partial charge in [-0.05, 0) is 12.8 Å². The van der Waals surface area contributed by atoms with Gasteiger partial charge in [-0.3, -0.25) is 14.7 Å². The van der Waals surface area contributed by atoms with Gasteiger partial charge in [0.25, 0.3) is 0 Å². The number of carbonyl (C=O) groups excluding carboxylic acids is 1. The highest BCUT2D eigenvalue weighted by Gasteiger charge is 2.24. The third kappa shape index (κ3) is 9.23. The summed E-state index contributed by atoms with van der Waals surface area (Å²) in [6, 6.07) is 0. The van der Waals surface area contributed by atoms with E-state index < -0.39 is 9.84 Å². The molecule has 0 bridgehead atoms. The zero-order valence-electron chi connectivity index (χ0n) is 16.9. The van der Waals surface area contributed by atoms with Crippen molar-refractivity contribution in [1.82, 2.24) is 20.0 Å². The molecule has 0 aromatic carbocycles. The molecule has 2 aliphatic rings. The number of piperazine rings is 1. The van der Waals surface area contributed by atoms with E-state index in [-0.39, 0.29) is 42.2 Å². The van der Waals surface area contributed by atoms with Gasteiger partial charge in [-0.25, -0.2) is 8.42 Å². The Labute approximate surface area is 185 Å². The largest absolute Gasteiger partial charge is 0.379 e. The lowest BCUT2D eigenvalue weighted by Gasteiger charge is -2.36. The van der Waals surface area contributed by atoms with Crippen molar-refractivity contribution < 1.29 is 17.9 Å². The second-order valence-corrected chi connectivity index (χ2v) is 9.33. The number of nitrogens with one attached hydrogen (secondary N) is 1. The molecule has 0 atom stereocenters. The maximum atomic E-state index is 12.3. The number of aliphatic imine (C=N–C) groups is 1. The normalized spacial score (nSPS) is 18.9. The minimum atomic E-state index is -2.98. The van der Waals surface area contributed by atoms with Crippen molar-refractivity contribution in [3.8, 4) is 0 Å². The Morgan fingerprint density at radius 3 is 2.25 bits per heavy atom. The zero-order chi connectivity index (χ0) is 19.7. The van der Waals surface area contributed by atoms with E-state index in [2.05, 4.69) is 20.1 Å². The number of rotatable bonds is 8. The molecule has 2 saturated heterocycles. The molecule has 0 unspecified atom stereocenters. The minimum Gasteiger partial charge on any atom is -0.379 e. The van der Waals surface area contributed by atoms with Crippen LogP contribution in [-0.4, -0.2) is 120 Å². The van der Waals surface area contributed by atoms with Crippen molar-refractivity contribution in [1.29, 1.82) is 0 Å². The van der Waals surface area contributed by atoms with Crippen LogP contribution in [0.3, 0.4) is 0 Å². The van der Waals surface area contributed by atoms with Crippen LogP contribution in [0.5, 0.6) is 0 Å². The average molecular weight is 531 g/mol. The van der Waals surface area contributed by atoms with Crippen LogP contribution in [0.25, 0.3) is 0 Å². The van der Waals surface area contributed by atoms with Gasteiger partial charge in [-0.2, -0.15) is 0 Å². The van der Waals surface area contributed by atoms with Gasteiger partial charge in [-0.15, -0.1) is 24.0 Å². The number of amides is 1. The number of nitrogens with zero attached hydrogens (tertiary/aromatic N) is 4. The molecule has 0 radical (unpaired) electrons. The molecule has 2 aliphatic heterocycles. The third-order valence-electron chi connectivity index (χ3n) is 4.83. The number of sulfone groups is 1. The Morgan fingerprint density at radius 2 is 1.68 bits per heavy atom. The number of carbonyl (C=O) groups is 1. The zero-order valence-corrected chi connectivity index (χ0v) is 20.1. The fourth-order valence-corrected chi connectivity index (χ4v) is 3.68. The maximum absolute atomic E-state index is 12.3. The second-order valence-electron chi connectivity index (χ2n) is 7.07. The Morgan fingerprint density at radius 1 is 1.04 bits per heavy atom. The van der Waals surface area contributed by atoms with E-state index >= 15 is 0 Å². The molecule has 11 heteroatoms. The van der Waals surface area contributed by atoms with Crippen LogP contribution < -0.4 is 5.32 Å². The lowest BCUT2D eigenvalue weighted by atomic mass is 10.3. The molecule has 9 nitrogen and oxygen atoms in total. The van der Waals surface area contributed by atoms with Crippen LogP contribution in [0.4, 0.5) is 0 Å². The molecule has 0 aromatic rings. The van der Waals surface area contributed by atoms with E-state index in [9.17, 15) is 13.2 Å². The van der Waals surface area contributed by atoms with E-state index in [4.69, 9.17) is 4.74 Å². The van der Waals surface area contributed by atoms with Crippen LogP contribution in [0.15, 0.2) is 4.99 Å². The molecule has 0 aliphatic carbocycles. The Balaban J connectivity index is 0.00000392. The summed E-state index contributed by atoms with van der Waals surface area (Å²) >= 11 is 0. The van der Waals surface area contributed by atoms with E-state index in [1.54, 1.807) is 7.05 Å².